The Labute approximate surface area is 136 Å². The number of alkyl halides is 3. The van der Waals surface area contributed by atoms with Gasteiger partial charge in [-0.25, -0.2) is 0 Å². The van der Waals surface area contributed by atoms with E-state index in [1.165, 1.54) is 25.1 Å². The van der Waals surface area contributed by atoms with E-state index in [-0.39, 0.29) is 5.69 Å². The quantitative estimate of drug-likeness (QED) is 0.920. The smallest absolute Gasteiger partial charge is 0.416 e. The van der Waals surface area contributed by atoms with Crippen molar-refractivity contribution >= 4 is 11.6 Å². The van der Waals surface area contributed by atoms with E-state index >= 15 is 0 Å². The van der Waals surface area contributed by atoms with Gasteiger partial charge in [-0.3, -0.25) is 4.79 Å². The highest BCUT2D eigenvalue weighted by atomic mass is 19.4. The van der Waals surface area contributed by atoms with Crippen molar-refractivity contribution in [2.24, 2.45) is 0 Å². The van der Waals surface area contributed by atoms with Gasteiger partial charge < -0.3 is 10.1 Å². The Kier molecular flexibility index (Phi) is 5.09. The van der Waals surface area contributed by atoms with Crippen molar-refractivity contribution in [1.82, 2.24) is 0 Å². The van der Waals surface area contributed by atoms with Crippen molar-refractivity contribution in [3.05, 3.63) is 59.7 Å². The zero-order chi connectivity index (χ0) is 17.7. The van der Waals surface area contributed by atoms with E-state index in [2.05, 4.69) is 5.32 Å². The molecule has 0 saturated heterocycles. The Balaban J connectivity index is 2.00. The number of rotatable bonds is 4. The number of carbonyl (C=O) groups excluding carboxylic acids is 1. The summed E-state index contributed by atoms with van der Waals surface area (Å²) < 4.78 is 42.9. The molecule has 1 N–H and O–H groups in total. The number of halogens is 3. The van der Waals surface area contributed by atoms with E-state index in [4.69, 9.17) is 10.00 Å². The van der Waals surface area contributed by atoms with E-state index in [1.807, 2.05) is 6.07 Å². The molecule has 0 aliphatic rings. The summed E-state index contributed by atoms with van der Waals surface area (Å²) in [6.07, 6.45) is -5.31. The first kappa shape index (κ1) is 17.3. The number of nitriles is 1. The Hall–Kier alpha value is -3.01. The molecule has 0 aliphatic carbocycles. The molecule has 1 atom stereocenters. The average Bonchev–Trinajstić information content (AvgIpc) is 2.54. The highest BCUT2D eigenvalue weighted by Crippen LogP contribution is 2.29. The molecule has 124 valence electrons. The molecular weight excluding hydrogens is 321 g/mol. The van der Waals surface area contributed by atoms with Gasteiger partial charge in [0.2, 0.25) is 0 Å². The molecule has 2 aromatic carbocycles. The van der Waals surface area contributed by atoms with E-state index < -0.39 is 23.8 Å². The predicted molar refractivity (Wildman–Crippen MR) is 81.3 cm³/mol. The van der Waals surface area contributed by atoms with Crippen LogP contribution in [0, 0.1) is 11.3 Å². The first-order valence-electron chi connectivity index (χ1n) is 6.94. The van der Waals surface area contributed by atoms with Crippen LogP contribution in [0.4, 0.5) is 18.9 Å². The fourth-order valence-corrected chi connectivity index (χ4v) is 1.88. The van der Waals surface area contributed by atoms with Crippen molar-refractivity contribution in [1.29, 1.82) is 5.26 Å². The minimum Gasteiger partial charge on any atom is -0.481 e. The summed E-state index contributed by atoms with van der Waals surface area (Å²) in [5.41, 5.74) is -0.171. The van der Waals surface area contributed by atoms with Crippen molar-refractivity contribution in [3.63, 3.8) is 0 Å². The van der Waals surface area contributed by atoms with Gasteiger partial charge in [0.15, 0.2) is 6.10 Å². The lowest BCUT2D eigenvalue weighted by atomic mass is 10.2. The van der Waals surface area contributed by atoms with E-state index in [0.29, 0.717) is 11.3 Å². The Morgan fingerprint density at radius 2 is 1.88 bits per heavy atom. The lowest BCUT2D eigenvalue weighted by molar-refractivity contribution is -0.137. The summed E-state index contributed by atoms with van der Waals surface area (Å²) >= 11 is 0. The molecule has 24 heavy (non-hydrogen) atoms. The standard InChI is InChI=1S/C17H13F3N2O2/c1-11(24-15-4-2-3-12(9-15)10-21)16(23)22-14-7-5-13(6-8-14)17(18,19)20/h2-9,11H,1H3,(H,22,23). The second kappa shape index (κ2) is 7.04. The summed E-state index contributed by atoms with van der Waals surface area (Å²) in [4.78, 5) is 12.0. The molecule has 0 heterocycles. The average molecular weight is 334 g/mol. The highest BCUT2D eigenvalue weighted by molar-refractivity contribution is 5.94. The third-order valence-electron chi connectivity index (χ3n) is 3.12. The molecule has 0 radical (unpaired) electrons. The normalized spacial score (nSPS) is 12.1. The van der Waals surface area contributed by atoms with E-state index in [0.717, 1.165) is 12.1 Å². The minimum absolute atomic E-state index is 0.231. The fourth-order valence-electron chi connectivity index (χ4n) is 1.88. The van der Waals surface area contributed by atoms with Gasteiger partial charge in [0.1, 0.15) is 5.75 Å². The lowest BCUT2D eigenvalue weighted by Gasteiger charge is -2.15. The Morgan fingerprint density at radius 3 is 2.46 bits per heavy atom. The molecular formula is C17H13F3N2O2. The molecule has 0 fully saturated rings. The predicted octanol–water partition coefficient (Wildman–Crippen LogP) is 3.98. The second-order valence-corrected chi connectivity index (χ2v) is 4.96. The van der Waals surface area contributed by atoms with Gasteiger partial charge in [0, 0.05) is 5.69 Å². The number of hydrogen-bond acceptors (Lipinski definition) is 3. The number of ether oxygens (including phenoxy) is 1. The maximum absolute atomic E-state index is 12.5. The SMILES string of the molecule is CC(Oc1cccc(C#N)c1)C(=O)Nc1ccc(C(F)(F)F)cc1. The summed E-state index contributed by atoms with van der Waals surface area (Å²) in [6.45, 7) is 1.50. The number of amides is 1. The molecule has 0 aliphatic heterocycles. The van der Waals surface area contributed by atoms with Gasteiger partial charge in [-0.05, 0) is 49.4 Å². The molecule has 4 nitrogen and oxygen atoms in total. The molecule has 0 spiro atoms. The number of anilines is 1. The molecule has 2 rings (SSSR count). The molecule has 7 heteroatoms. The number of nitrogens with one attached hydrogen (secondary N) is 1. The highest BCUT2D eigenvalue weighted by Gasteiger charge is 2.30. The second-order valence-electron chi connectivity index (χ2n) is 4.96. The van der Waals surface area contributed by atoms with Gasteiger partial charge in [-0.1, -0.05) is 6.07 Å². The van der Waals surface area contributed by atoms with Crippen molar-refractivity contribution < 1.29 is 22.7 Å². The van der Waals surface area contributed by atoms with Crippen LogP contribution >= 0.6 is 0 Å². The van der Waals surface area contributed by atoms with Crippen LogP contribution in [0.2, 0.25) is 0 Å². The Morgan fingerprint density at radius 1 is 1.21 bits per heavy atom. The largest absolute Gasteiger partial charge is 0.481 e. The number of hydrogen-bond donors (Lipinski definition) is 1. The monoisotopic (exact) mass is 334 g/mol. The van der Waals surface area contributed by atoms with Gasteiger partial charge in [-0.2, -0.15) is 18.4 Å². The van der Waals surface area contributed by atoms with Gasteiger partial charge in [0.05, 0.1) is 17.2 Å². The van der Waals surface area contributed by atoms with Crippen molar-refractivity contribution in [2.75, 3.05) is 5.32 Å². The molecule has 1 unspecified atom stereocenters. The Bertz CT molecular complexity index is 765. The van der Waals surface area contributed by atoms with Gasteiger partial charge in [0.25, 0.3) is 5.91 Å². The topological polar surface area (TPSA) is 62.1 Å². The third kappa shape index (κ3) is 4.49. The molecule has 0 saturated carbocycles. The number of benzene rings is 2. The van der Waals surface area contributed by atoms with E-state index in [9.17, 15) is 18.0 Å². The van der Waals surface area contributed by atoms with Crippen LogP contribution in [0.3, 0.4) is 0 Å². The summed E-state index contributed by atoms with van der Waals surface area (Å²) in [5.74, 6) is -0.166. The van der Waals surface area contributed by atoms with Crippen LogP contribution in [0.5, 0.6) is 5.75 Å². The van der Waals surface area contributed by atoms with Crippen molar-refractivity contribution in [2.45, 2.75) is 19.2 Å². The van der Waals surface area contributed by atoms with Crippen LogP contribution < -0.4 is 10.1 Å². The summed E-state index contributed by atoms with van der Waals surface area (Å²) in [5, 5.41) is 11.3. The first-order chi connectivity index (χ1) is 11.3. The zero-order valence-corrected chi connectivity index (χ0v) is 12.6. The maximum Gasteiger partial charge on any atom is 0.416 e. The number of carbonyl (C=O) groups is 1. The molecule has 2 aromatic rings. The van der Waals surface area contributed by atoms with Crippen LogP contribution in [0.1, 0.15) is 18.1 Å². The molecule has 0 aromatic heterocycles. The zero-order valence-electron chi connectivity index (χ0n) is 12.6. The summed E-state index contributed by atoms with van der Waals surface area (Å²) in [7, 11) is 0. The first-order valence-corrected chi connectivity index (χ1v) is 6.94. The van der Waals surface area contributed by atoms with E-state index in [1.54, 1.807) is 18.2 Å². The summed E-state index contributed by atoms with van der Waals surface area (Å²) in [6, 6.07) is 12.4. The van der Waals surface area contributed by atoms with Crippen molar-refractivity contribution in [3.8, 4) is 11.8 Å². The number of nitrogens with zero attached hydrogens (tertiary/aromatic N) is 1. The molecule has 1 amide bonds. The lowest BCUT2D eigenvalue weighted by Crippen LogP contribution is -2.30. The fraction of sp³-hybridized carbons (Fsp3) is 0.176. The van der Waals surface area contributed by atoms with Gasteiger partial charge >= 0.3 is 6.18 Å². The maximum atomic E-state index is 12.5. The van der Waals surface area contributed by atoms with Crippen LogP contribution in [0.15, 0.2) is 48.5 Å². The van der Waals surface area contributed by atoms with Crippen LogP contribution in [0.25, 0.3) is 0 Å². The van der Waals surface area contributed by atoms with Gasteiger partial charge in [-0.15, -0.1) is 0 Å². The van der Waals surface area contributed by atoms with Crippen LogP contribution in [-0.2, 0) is 11.0 Å². The third-order valence-corrected chi connectivity index (χ3v) is 3.12. The molecule has 0 bridgehead atoms. The van der Waals surface area contributed by atoms with Crippen LogP contribution in [-0.4, -0.2) is 12.0 Å². The minimum atomic E-state index is -4.43.